The van der Waals surface area contributed by atoms with Gasteiger partial charge in [-0.3, -0.25) is 0 Å². The van der Waals surface area contributed by atoms with E-state index in [1.807, 2.05) is 60.7 Å². The van der Waals surface area contributed by atoms with Gasteiger partial charge in [-0.15, -0.1) is 0 Å². The van der Waals surface area contributed by atoms with E-state index in [-0.39, 0.29) is 8.22 Å². The monoisotopic (exact) mass is 638 g/mol. The number of carbonyl (C=O) groups excluding carboxylic acids is 1. The molecule has 0 aliphatic rings. The van der Waals surface area contributed by atoms with Gasteiger partial charge in [0.1, 0.15) is 0 Å². The van der Waals surface area contributed by atoms with Gasteiger partial charge in [-0.2, -0.15) is 0 Å². The second-order valence-electron chi connectivity index (χ2n) is 6.67. The lowest BCUT2D eigenvalue weighted by atomic mass is 10.2. The summed E-state index contributed by atoms with van der Waals surface area (Å²) in [5.74, 6) is 0. The van der Waals surface area contributed by atoms with Crippen molar-refractivity contribution in [3.05, 3.63) is 71.8 Å². The summed E-state index contributed by atoms with van der Waals surface area (Å²) >= 11 is 4.22. The summed E-state index contributed by atoms with van der Waals surface area (Å²) in [4.78, 5) is 11.9. The third kappa shape index (κ3) is 12.1. The number of hydrogen-bond acceptors (Lipinski definition) is 5. The highest BCUT2D eigenvalue weighted by Gasteiger charge is 2.16. The Labute approximate surface area is 206 Å². The highest BCUT2D eigenvalue weighted by atomic mass is 127. The molecule has 164 valence electrons. The molecule has 0 saturated heterocycles. The van der Waals surface area contributed by atoms with Gasteiger partial charge in [-0.05, 0) is 82.0 Å². The van der Waals surface area contributed by atoms with Crippen LogP contribution < -0.4 is 0 Å². The van der Waals surface area contributed by atoms with Gasteiger partial charge < -0.3 is 18.9 Å². The second-order valence-corrected chi connectivity index (χ2v) is 9.45. The molecule has 2 unspecified atom stereocenters. The minimum Gasteiger partial charge on any atom is -0.420 e. The summed E-state index contributed by atoms with van der Waals surface area (Å²) in [7, 11) is 0. The van der Waals surface area contributed by atoms with E-state index in [9.17, 15) is 4.79 Å². The van der Waals surface area contributed by atoms with Gasteiger partial charge in [-0.1, -0.05) is 60.7 Å². The Hall–Kier alpha value is -0.910. The minimum absolute atomic E-state index is 0.228. The largest absolute Gasteiger partial charge is 0.510 e. The lowest BCUT2D eigenvalue weighted by Crippen LogP contribution is -2.18. The molecule has 7 heteroatoms. The van der Waals surface area contributed by atoms with Gasteiger partial charge in [-0.25, -0.2) is 4.79 Å². The molecule has 2 aromatic rings. The van der Waals surface area contributed by atoms with Crippen molar-refractivity contribution < 1.29 is 23.7 Å². The van der Waals surface area contributed by atoms with Crippen LogP contribution in [0.15, 0.2) is 60.7 Å². The molecule has 0 spiro atoms. The van der Waals surface area contributed by atoms with Gasteiger partial charge in [0.05, 0.1) is 13.2 Å². The molecule has 0 heterocycles. The maximum atomic E-state index is 11.9. The van der Waals surface area contributed by atoms with E-state index in [1.54, 1.807) is 0 Å². The Morgan fingerprint density at radius 1 is 0.700 bits per heavy atom. The Bertz CT molecular complexity index is 640. The smallest absolute Gasteiger partial charge is 0.420 e. The minimum atomic E-state index is -0.621. The molecule has 0 aromatic heterocycles. The molecule has 5 nitrogen and oxygen atoms in total. The second kappa shape index (κ2) is 15.8. The van der Waals surface area contributed by atoms with Crippen LogP contribution in [0.3, 0.4) is 0 Å². The van der Waals surface area contributed by atoms with Crippen LogP contribution in [0.25, 0.3) is 0 Å². The van der Waals surface area contributed by atoms with Crippen molar-refractivity contribution in [2.75, 3.05) is 13.2 Å². The van der Waals surface area contributed by atoms with Crippen LogP contribution in [0.4, 0.5) is 4.79 Å². The van der Waals surface area contributed by atoms with Crippen molar-refractivity contribution in [2.24, 2.45) is 0 Å². The first kappa shape index (κ1) is 25.4. The first-order valence-electron chi connectivity index (χ1n) is 10.0. The summed E-state index contributed by atoms with van der Waals surface area (Å²) < 4.78 is 21.4. The van der Waals surface area contributed by atoms with Gasteiger partial charge in [0, 0.05) is 13.2 Å². The van der Waals surface area contributed by atoms with Crippen LogP contribution in [-0.2, 0) is 32.2 Å². The molecule has 0 N–H and O–H groups in total. The maximum absolute atomic E-state index is 11.9. The standard InChI is InChI=1S/C23H28I2O5/c24-21(13-7-15-27-17-19-9-3-1-4-10-19)29-23(26)30-22(25)14-8-16-28-18-20-11-5-2-6-12-20/h1-6,9-12,21-22H,7-8,13-18H2. The topological polar surface area (TPSA) is 54.0 Å². The van der Waals surface area contributed by atoms with Gasteiger partial charge in [0.15, 0.2) is 8.22 Å². The van der Waals surface area contributed by atoms with Crippen LogP contribution in [0.1, 0.15) is 36.8 Å². The Morgan fingerprint density at radius 3 is 1.50 bits per heavy atom. The van der Waals surface area contributed by atoms with Crippen molar-refractivity contribution in [1.29, 1.82) is 0 Å². The number of benzene rings is 2. The number of rotatable bonds is 14. The zero-order chi connectivity index (χ0) is 21.4. The number of ether oxygens (including phenoxy) is 4. The zero-order valence-electron chi connectivity index (χ0n) is 16.9. The van der Waals surface area contributed by atoms with E-state index in [4.69, 9.17) is 18.9 Å². The molecule has 0 aliphatic carbocycles. The van der Waals surface area contributed by atoms with E-state index in [0.29, 0.717) is 26.4 Å². The average Bonchev–Trinajstić information content (AvgIpc) is 2.74. The van der Waals surface area contributed by atoms with Crippen LogP contribution in [-0.4, -0.2) is 27.6 Å². The fraction of sp³-hybridized carbons (Fsp3) is 0.435. The predicted molar refractivity (Wildman–Crippen MR) is 134 cm³/mol. The van der Waals surface area contributed by atoms with Crippen LogP contribution in [0.2, 0.25) is 0 Å². The number of halogens is 2. The third-order valence-corrected chi connectivity index (χ3v) is 5.86. The van der Waals surface area contributed by atoms with E-state index in [1.165, 1.54) is 0 Å². The van der Waals surface area contributed by atoms with E-state index < -0.39 is 6.16 Å². The molecule has 2 rings (SSSR count). The molecule has 0 bridgehead atoms. The van der Waals surface area contributed by atoms with Crippen LogP contribution in [0.5, 0.6) is 0 Å². The third-order valence-electron chi connectivity index (χ3n) is 4.11. The van der Waals surface area contributed by atoms with Crippen molar-refractivity contribution in [2.45, 2.75) is 47.1 Å². The predicted octanol–water partition coefficient (Wildman–Crippen LogP) is 6.66. The van der Waals surface area contributed by atoms with Crippen molar-refractivity contribution in [1.82, 2.24) is 0 Å². The highest BCUT2D eigenvalue weighted by molar-refractivity contribution is 14.1. The lowest BCUT2D eigenvalue weighted by molar-refractivity contribution is 0.0377. The van der Waals surface area contributed by atoms with Gasteiger partial charge in [0.2, 0.25) is 0 Å². The molecule has 0 radical (unpaired) electrons. The zero-order valence-corrected chi connectivity index (χ0v) is 21.2. The fourth-order valence-corrected chi connectivity index (χ4v) is 3.87. The molecule has 2 aromatic carbocycles. The van der Waals surface area contributed by atoms with Crippen LogP contribution >= 0.6 is 45.2 Å². The van der Waals surface area contributed by atoms with E-state index in [0.717, 1.165) is 36.8 Å². The Morgan fingerprint density at radius 2 is 1.10 bits per heavy atom. The van der Waals surface area contributed by atoms with Gasteiger partial charge >= 0.3 is 6.16 Å². The molecule has 0 aliphatic heterocycles. The molecule has 0 fully saturated rings. The molecule has 2 atom stereocenters. The lowest BCUT2D eigenvalue weighted by Gasteiger charge is -2.15. The molecule has 0 amide bonds. The number of alkyl halides is 2. The van der Waals surface area contributed by atoms with Crippen molar-refractivity contribution in [3.63, 3.8) is 0 Å². The summed E-state index contributed by atoms with van der Waals surface area (Å²) in [5, 5.41) is 0. The summed E-state index contributed by atoms with van der Waals surface area (Å²) in [6.07, 6.45) is 2.47. The summed E-state index contributed by atoms with van der Waals surface area (Å²) in [5.41, 5.74) is 2.31. The van der Waals surface area contributed by atoms with Crippen LogP contribution in [0, 0.1) is 0 Å². The molecule has 30 heavy (non-hydrogen) atoms. The van der Waals surface area contributed by atoms with Crippen molar-refractivity contribution >= 4 is 51.3 Å². The molecular weight excluding hydrogens is 610 g/mol. The van der Waals surface area contributed by atoms with E-state index >= 15 is 0 Å². The quantitative estimate of drug-likeness (QED) is 0.100. The fourth-order valence-electron chi connectivity index (χ4n) is 2.57. The molecular formula is C23H28I2O5. The first-order chi connectivity index (χ1) is 14.6. The van der Waals surface area contributed by atoms with Crippen molar-refractivity contribution in [3.8, 4) is 0 Å². The number of hydrogen-bond donors (Lipinski definition) is 0. The Balaban J connectivity index is 1.45. The molecule has 0 saturated carbocycles. The van der Waals surface area contributed by atoms with E-state index in [2.05, 4.69) is 45.2 Å². The maximum Gasteiger partial charge on any atom is 0.510 e. The first-order valence-corrected chi connectivity index (χ1v) is 12.5. The number of carbonyl (C=O) groups is 1. The summed E-state index contributed by atoms with van der Waals surface area (Å²) in [6.45, 7) is 2.46. The Kier molecular flexibility index (Phi) is 13.4. The highest BCUT2D eigenvalue weighted by Crippen LogP contribution is 2.16. The summed E-state index contributed by atoms with van der Waals surface area (Å²) in [6, 6.07) is 20.1. The normalized spacial score (nSPS) is 12.9. The SMILES string of the molecule is O=C(OC(I)CCCOCc1ccccc1)OC(I)CCCOCc1ccccc1. The van der Waals surface area contributed by atoms with Gasteiger partial charge in [0.25, 0.3) is 0 Å². The average molecular weight is 638 g/mol.